The van der Waals surface area contributed by atoms with Gasteiger partial charge in [0.05, 0.1) is 18.2 Å². The molecule has 2 aromatic rings. The van der Waals surface area contributed by atoms with Crippen molar-refractivity contribution in [2.45, 2.75) is 51.0 Å². The van der Waals surface area contributed by atoms with Crippen molar-refractivity contribution in [3.63, 3.8) is 0 Å². The number of carbonyl (C=O) groups is 2. The van der Waals surface area contributed by atoms with Crippen molar-refractivity contribution in [3.05, 3.63) is 64.4 Å². The Balaban J connectivity index is 0.993. The third-order valence-electron chi connectivity index (χ3n) is 8.70. The molecule has 3 aliphatic rings. The Labute approximate surface area is 235 Å². The van der Waals surface area contributed by atoms with Crippen LogP contribution in [0.3, 0.4) is 0 Å². The number of nitrogens with zero attached hydrogens (tertiary/aromatic N) is 2. The minimum atomic E-state index is -0.419. The predicted molar refractivity (Wildman–Crippen MR) is 152 cm³/mol. The molecule has 1 amide bonds. The van der Waals surface area contributed by atoms with E-state index in [1.165, 1.54) is 18.2 Å². The van der Waals surface area contributed by atoms with Crippen molar-refractivity contribution in [1.29, 1.82) is 0 Å². The molecule has 1 N–H and O–H groups in total. The molecule has 2 heterocycles. The molecule has 3 fully saturated rings. The maximum atomic E-state index is 13.3. The van der Waals surface area contributed by atoms with Crippen LogP contribution in [0, 0.1) is 17.7 Å². The lowest BCUT2D eigenvalue weighted by Gasteiger charge is -2.34. The van der Waals surface area contributed by atoms with Crippen LogP contribution in [0.2, 0.25) is 5.02 Å². The van der Waals surface area contributed by atoms with E-state index in [9.17, 15) is 14.0 Å². The molecule has 210 valence electrons. The SMILES string of the molecule is O=C(NC1CCC(CCN2CCC(C(=O)c3ccc(F)cc3Cl)CC2)CC1)c1ccc(N2CCOCC2)cc1. The molecular formula is C31H39ClFN3O3. The number of piperidine rings is 1. The van der Waals surface area contributed by atoms with E-state index in [1.54, 1.807) is 0 Å². The lowest BCUT2D eigenvalue weighted by atomic mass is 9.83. The first kappa shape index (κ1) is 28.1. The Hall–Kier alpha value is -2.48. The largest absolute Gasteiger partial charge is 0.378 e. The first-order chi connectivity index (χ1) is 19.0. The molecule has 0 radical (unpaired) electrons. The second-order valence-electron chi connectivity index (χ2n) is 11.2. The van der Waals surface area contributed by atoms with Gasteiger partial charge >= 0.3 is 0 Å². The minimum absolute atomic E-state index is 0.0197. The van der Waals surface area contributed by atoms with Crippen molar-refractivity contribution in [2.75, 3.05) is 50.8 Å². The van der Waals surface area contributed by atoms with Crippen molar-refractivity contribution in [1.82, 2.24) is 10.2 Å². The first-order valence-corrected chi connectivity index (χ1v) is 14.8. The van der Waals surface area contributed by atoms with Crippen LogP contribution in [0.15, 0.2) is 42.5 Å². The van der Waals surface area contributed by atoms with Gasteiger partial charge in [-0.3, -0.25) is 9.59 Å². The van der Waals surface area contributed by atoms with Gasteiger partial charge in [0.2, 0.25) is 0 Å². The lowest BCUT2D eigenvalue weighted by molar-refractivity contribution is 0.0832. The Morgan fingerprint density at radius 1 is 0.923 bits per heavy atom. The van der Waals surface area contributed by atoms with Crippen LogP contribution in [0.5, 0.6) is 0 Å². The molecule has 2 saturated heterocycles. The lowest BCUT2D eigenvalue weighted by Crippen LogP contribution is -2.39. The number of likely N-dealkylation sites (tertiary alicyclic amines) is 1. The number of benzene rings is 2. The molecule has 2 aliphatic heterocycles. The van der Waals surface area contributed by atoms with Crippen LogP contribution in [-0.2, 0) is 4.74 Å². The fourth-order valence-corrected chi connectivity index (χ4v) is 6.46. The predicted octanol–water partition coefficient (Wildman–Crippen LogP) is 5.59. The van der Waals surface area contributed by atoms with Crippen LogP contribution in [0.4, 0.5) is 10.1 Å². The summed E-state index contributed by atoms with van der Waals surface area (Å²) in [5.41, 5.74) is 2.30. The highest BCUT2D eigenvalue weighted by Crippen LogP contribution is 2.30. The quantitative estimate of drug-likeness (QED) is 0.430. The molecule has 8 heteroatoms. The second kappa shape index (κ2) is 13.2. The van der Waals surface area contributed by atoms with Crippen molar-refractivity contribution in [3.8, 4) is 0 Å². The Bertz CT molecular complexity index is 1120. The molecule has 0 atom stereocenters. The van der Waals surface area contributed by atoms with Crippen molar-refractivity contribution in [2.24, 2.45) is 11.8 Å². The normalized spacial score (nSPS) is 23.0. The summed E-state index contributed by atoms with van der Waals surface area (Å²) in [5.74, 6) is 0.277. The third-order valence-corrected chi connectivity index (χ3v) is 9.01. The molecule has 0 aromatic heterocycles. The van der Waals surface area contributed by atoms with E-state index >= 15 is 0 Å². The zero-order chi connectivity index (χ0) is 27.2. The molecule has 1 aliphatic carbocycles. The van der Waals surface area contributed by atoms with Gasteiger partial charge in [-0.05, 0) is 113 Å². The summed E-state index contributed by atoms with van der Waals surface area (Å²) in [6, 6.07) is 12.2. The number of Topliss-reactive ketones (excluding diaryl/α,β-unsaturated/α-hetero) is 1. The number of morpholine rings is 1. The van der Waals surface area contributed by atoms with Crippen LogP contribution < -0.4 is 10.2 Å². The average molecular weight is 556 g/mol. The molecular weight excluding hydrogens is 517 g/mol. The van der Waals surface area contributed by atoms with Gasteiger partial charge in [0.15, 0.2) is 5.78 Å². The number of ketones is 1. The summed E-state index contributed by atoms with van der Waals surface area (Å²) in [4.78, 5) is 30.4. The Kier molecular flexibility index (Phi) is 9.53. The number of hydrogen-bond acceptors (Lipinski definition) is 5. The number of hydrogen-bond donors (Lipinski definition) is 1. The van der Waals surface area contributed by atoms with Gasteiger partial charge in [0, 0.05) is 41.9 Å². The molecule has 39 heavy (non-hydrogen) atoms. The van der Waals surface area contributed by atoms with Gasteiger partial charge in [-0.2, -0.15) is 0 Å². The van der Waals surface area contributed by atoms with Crippen LogP contribution in [0.1, 0.15) is 65.7 Å². The topological polar surface area (TPSA) is 61.9 Å². The molecule has 0 bridgehead atoms. The number of amides is 1. The maximum Gasteiger partial charge on any atom is 0.251 e. The molecule has 1 saturated carbocycles. The van der Waals surface area contributed by atoms with Gasteiger partial charge in [-0.25, -0.2) is 4.39 Å². The van der Waals surface area contributed by atoms with E-state index in [0.29, 0.717) is 11.5 Å². The summed E-state index contributed by atoms with van der Waals surface area (Å²) in [7, 11) is 0. The third kappa shape index (κ3) is 7.38. The van der Waals surface area contributed by atoms with Gasteiger partial charge in [-0.15, -0.1) is 0 Å². The van der Waals surface area contributed by atoms with Gasteiger partial charge in [0.1, 0.15) is 5.82 Å². The van der Waals surface area contributed by atoms with Crippen LogP contribution >= 0.6 is 11.6 Å². The van der Waals surface area contributed by atoms with Crippen LogP contribution in [-0.4, -0.2) is 68.6 Å². The molecule has 0 spiro atoms. The number of rotatable bonds is 8. The number of ether oxygens (including phenoxy) is 1. The fourth-order valence-electron chi connectivity index (χ4n) is 6.20. The zero-order valence-electron chi connectivity index (χ0n) is 22.5. The highest BCUT2D eigenvalue weighted by Gasteiger charge is 2.28. The van der Waals surface area contributed by atoms with E-state index in [0.717, 1.165) is 102 Å². The first-order valence-electron chi connectivity index (χ1n) is 14.4. The average Bonchev–Trinajstić information content (AvgIpc) is 2.97. The standard InChI is InChI=1S/C31H39ClFN3O3/c32-29-21-25(33)5-10-28(29)30(37)23-12-15-35(16-13-23)14-11-22-1-6-26(7-2-22)34-31(38)24-3-8-27(9-4-24)36-17-19-39-20-18-36/h3-5,8-10,21-23,26H,1-2,6-7,11-20H2,(H,34,38). The monoisotopic (exact) mass is 555 g/mol. The van der Waals surface area contributed by atoms with E-state index < -0.39 is 5.82 Å². The highest BCUT2D eigenvalue weighted by atomic mass is 35.5. The van der Waals surface area contributed by atoms with E-state index in [1.807, 2.05) is 24.3 Å². The molecule has 5 rings (SSSR count). The smallest absolute Gasteiger partial charge is 0.251 e. The fraction of sp³-hybridized carbons (Fsp3) is 0.548. The Morgan fingerprint density at radius 3 is 2.28 bits per heavy atom. The van der Waals surface area contributed by atoms with Crippen molar-refractivity contribution >= 4 is 29.0 Å². The Morgan fingerprint density at radius 2 is 1.62 bits per heavy atom. The maximum absolute atomic E-state index is 13.3. The summed E-state index contributed by atoms with van der Waals surface area (Å²) in [5, 5.41) is 3.46. The number of halogens is 2. The summed E-state index contributed by atoms with van der Waals surface area (Å²) in [6.07, 6.45) is 7.12. The van der Waals surface area contributed by atoms with Crippen molar-refractivity contribution < 1.29 is 18.7 Å². The summed E-state index contributed by atoms with van der Waals surface area (Å²) < 4.78 is 18.8. The van der Waals surface area contributed by atoms with Gasteiger partial charge in [-0.1, -0.05) is 11.6 Å². The van der Waals surface area contributed by atoms with E-state index in [2.05, 4.69) is 15.1 Å². The summed E-state index contributed by atoms with van der Waals surface area (Å²) in [6.45, 7) is 6.14. The molecule has 0 unspecified atom stereocenters. The van der Waals surface area contributed by atoms with Gasteiger partial charge < -0.3 is 19.9 Å². The number of nitrogens with one attached hydrogen (secondary N) is 1. The number of carbonyl (C=O) groups excluding carboxylic acids is 2. The second-order valence-corrected chi connectivity index (χ2v) is 11.6. The van der Waals surface area contributed by atoms with E-state index in [-0.39, 0.29) is 28.7 Å². The molecule has 6 nitrogen and oxygen atoms in total. The van der Waals surface area contributed by atoms with E-state index in [4.69, 9.17) is 16.3 Å². The number of anilines is 1. The minimum Gasteiger partial charge on any atom is -0.378 e. The highest BCUT2D eigenvalue weighted by molar-refractivity contribution is 6.34. The summed E-state index contributed by atoms with van der Waals surface area (Å²) >= 11 is 6.11. The zero-order valence-corrected chi connectivity index (χ0v) is 23.3. The van der Waals surface area contributed by atoms with Gasteiger partial charge in [0.25, 0.3) is 5.91 Å². The molecule has 2 aromatic carbocycles. The van der Waals surface area contributed by atoms with Crippen LogP contribution in [0.25, 0.3) is 0 Å².